The molecule has 2 aliphatic carbocycles. The summed E-state index contributed by atoms with van der Waals surface area (Å²) < 4.78 is 7.31. The van der Waals surface area contributed by atoms with E-state index in [0.717, 1.165) is 28.7 Å². The number of carbonyl (C=O) groups is 1. The smallest absolute Gasteiger partial charge is 0.251 e. The van der Waals surface area contributed by atoms with E-state index in [1.54, 1.807) is 18.2 Å². The fourth-order valence-corrected chi connectivity index (χ4v) is 7.44. The van der Waals surface area contributed by atoms with E-state index in [0.29, 0.717) is 37.0 Å². The van der Waals surface area contributed by atoms with Gasteiger partial charge in [-0.3, -0.25) is 9.69 Å². The minimum atomic E-state index is -0.998. The molecule has 2 unspecified atom stereocenters. The Balaban J connectivity index is 1.43. The van der Waals surface area contributed by atoms with Crippen molar-refractivity contribution < 1.29 is 19.7 Å². The first-order valence-corrected chi connectivity index (χ1v) is 12.3. The summed E-state index contributed by atoms with van der Waals surface area (Å²) in [6, 6.07) is 10.6. The van der Waals surface area contributed by atoms with Crippen molar-refractivity contribution in [3.05, 3.63) is 70.2 Å². The van der Waals surface area contributed by atoms with Crippen molar-refractivity contribution in [1.82, 2.24) is 10.2 Å². The van der Waals surface area contributed by atoms with E-state index >= 15 is 0 Å². The molecule has 5 atom stereocenters. The Hall–Kier alpha value is -2.35. The molecule has 1 saturated heterocycles. The van der Waals surface area contributed by atoms with Gasteiger partial charge < -0.3 is 20.3 Å². The predicted molar refractivity (Wildman–Crippen MR) is 128 cm³/mol. The fourth-order valence-electron chi connectivity index (χ4n) is 7.04. The summed E-state index contributed by atoms with van der Waals surface area (Å²) >= 11 is 3.43. The normalized spacial score (nSPS) is 33.7. The van der Waals surface area contributed by atoms with Gasteiger partial charge in [-0.15, -0.1) is 6.58 Å². The molecule has 3 N–H and O–H groups in total. The lowest BCUT2D eigenvalue weighted by Crippen LogP contribution is -2.78. The van der Waals surface area contributed by atoms with E-state index in [2.05, 4.69) is 32.7 Å². The van der Waals surface area contributed by atoms with Gasteiger partial charge in [0.25, 0.3) is 5.91 Å². The van der Waals surface area contributed by atoms with Crippen LogP contribution >= 0.6 is 15.9 Å². The van der Waals surface area contributed by atoms with E-state index in [9.17, 15) is 15.0 Å². The van der Waals surface area contributed by atoms with Gasteiger partial charge in [-0.2, -0.15) is 0 Å². The highest BCUT2D eigenvalue weighted by molar-refractivity contribution is 9.10. The molecule has 0 aromatic heterocycles. The zero-order valence-electron chi connectivity index (χ0n) is 18.3. The van der Waals surface area contributed by atoms with E-state index in [1.165, 1.54) is 0 Å². The van der Waals surface area contributed by atoms with Gasteiger partial charge in [0.2, 0.25) is 0 Å². The summed E-state index contributed by atoms with van der Waals surface area (Å²) in [4.78, 5) is 15.4. The SMILES string of the molecule is C=CCN1CC[C@]23c4c5ccc(O)c4OC2C(NC(=O)c2cccc(Br)c2)CC[C@@]3(O)[C@H]1C5. The number of phenolic OH excluding ortho intramolecular Hbond substituents is 1. The number of rotatable bonds is 4. The molecule has 6 nitrogen and oxygen atoms in total. The molecular weight excluding hydrogens is 484 g/mol. The van der Waals surface area contributed by atoms with Crippen molar-refractivity contribution in [2.24, 2.45) is 0 Å². The van der Waals surface area contributed by atoms with E-state index in [1.807, 2.05) is 24.3 Å². The van der Waals surface area contributed by atoms with E-state index in [4.69, 9.17) is 4.74 Å². The van der Waals surface area contributed by atoms with Gasteiger partial charge in [-0.1, -0.05) is 34.1 Å². The monoisotopic (exact) mass is 510 g/mol. The highest BCUT2D eigenvalue weighted by Gasteiger charge is 2.72. The Morgan fingerprint density at radius 3 is 2.97 bits per heavy atom. The zero-order chi connectivity index (χ0) is 23.0. The molecule has 0 radical (unpaired) electrons. The second-order valence-corrected chi connectivity index (χ2v) is 10.7. The number of benzene rings is 2. The number of nitrogens with zero attached hydrogens (tertiary/aromatic N) is 1. The van der Waals surface area contributed by atoms with Crippen molar-refractivity contribution in [2.45, 2.75) is 54.9 Å². The Morgan fingerprint density at radius 1 is 1.33 bits per heavy atom. The van der Waals surface area contributed by atoms with E-state index < -0.39 is 17.1 Å². The Bertz CT molecular complexity index is 1170. The fraction of sp³-hybridized carbons (Fsp3) is 0.423. The summed E-state index contributed by atoms with van der Waals surface area (Å²) in [7, 11) is 0. The van der Waals surface area contributed by atoms with Crippen LogP contribution in [0.4, 0.5) is 0 Å². The minimum Gasteiger partial charge on any atom is -0.504 e. The van der Waals surface area contributed by atoms with Gasteiger partial charge >= 0.3 is 0 Å². The summed E-state index contributed by atoms with van der Waals surface area (Å²) in [5, 5.41) is 26.2. The molecule has 2 fully saturated rings. The van der Waals surface area contributed by atoms with Crippen LogP contribution in [0.15, 0.2) is 53.5 Å². The maximum atomic E-state index is 13.1. The standard InChI is InChI=1S/C26H27BrN2O4/c1-2-11-29-12-10-25-21-15-6-7-19(30)22(21)33-23(25)18(8-9-26(25,32)20(29)14-15)28-24(31)16-4-3-5-17(27)13-16/h2-7,13,18,20,23,30,32H,1,8-12,14H2,(H,28,31)/t18?,20-,23?,25+,26-/m1/s1. The molecule has 2 bridgehead atoms. The highest BCUT2D eigenvalue weighted by atomic mass is 79.9. The van der Waals surface area contributed by atoms with Crippen molar-refractivity contribution in [3.63, 3.8) is 0 Å². The number of aromatic hydroxyl groups is 1. The van der Waals surface area contributed by atoms with Crippen LogP contribution < -0.4 is 10.1 Å². The molecule has 6 rings (SSSR count). The second kappa shape index (κ2) is 7.32. The number of nitrogens with one attached hydrogen (secondary N) is 1. The summed E-state index contributed by atoms with van der Waals surface area (Å²) in [5.41, 5.74) is 0.981. The quantitative estimate of drug-likeness (QED) is 0.549. The van der Waals surface area contributed by atoms with Crippen molar-refractivity contribution >= 4 is 21.8 Å². The molecule has 2 aromatic carbocycles. The lowest BCUT2D eigenvalue weighted by molar-refractivity contribution is -0.188. The van der Waals surface area contributed by atoms with Crippen molar-refractivity contribution in [3.8, 4) is 11.5 Å². The first-order chi connectivity index (χ1) is 15.9. The van der Waals surface area contributed by atoms with Gasteiger partial charge in [0.1, 0.15) is 6.10 Å². The van der Waals surface area contributed by atoms with E-state index in [-0.39, 0.29) is 23.7 Å². The Labute approximate surface area is 201 Å². The molecule has 1 saturated carbocycles. The maximum absolute atomic E-state index is 13.1. The second-order valence-electron chi connectivity index (χ2n) is 9.76. The third kappa shape index (κ3) is 2.76. The summed E-state index contributed by atoms with van der Waals surface area (Å²) in [6.45, 7) is 5.44. The summed E-state index contributed by atoms with van der Waals surface area (Å²) in [5.74, 6) is 0.419. The van der Waals surface area contributed by atoms with Crippen LogP contribution in [0.5, 0.6) is 11.5 Å². The first-order valence-electron chi connectivity index (χ1n) is 11.5. The Kier molecular flexibility index (Phi) is 4.70. The number of phenols is 1. The lowest BCUT2D eigenvalue weighted by Gasteiger charge is -2.64. The molecule has 1 amide bonds. The zero-order valence-corrected chi connectivity index (χ0v) is 19.8. The molecule has 2 aliphatic heterocycles. The first kappa shape index (κ1) is 21.2. The number of hydrogen-bond donors (Lipinski definition) is 3. The highest BCUT2D eigenvalue weighted by Crippen LogP contribution is 2.65. The molecule has 2 aromatic rings. The van der Waals surface area contributed by atoms with Gasteiger partial charge in [0.05, 0.1) is 17.1 Å². The third-order valence-electron chi connectivity index (χ3n) is 8.34. The number of aliphatic hydroxyl groups is 1. The molecule has 1 spiro atoms. The number of hydrogen-bond acceptors (Lipinski definition) is 5. The molecule has 33 heavy (non-hydrogen) atoms. The minimum absolute atomic E-state index is 0.0555. The number of likely N-dealkylation sites (tertiary alicyclic amines) is 1. The van der Waals surface area contributed by atoms with Crippen LogP contribution in [0.2, 0.25) is 0 Å². The van der Waals surface area contributed by atoms with Gasteiger partial charge in [0, 0.05) is 28.2 Å². The molecular formula is C26H27BrN2O4. The largest absolute Gasteiger partial charge is 0.504 e. The number of amides is 1. The molecule has 4 aliphatic rings. The third-order valence-corrected chi connectivity index (χ3v) is 8.83. The van der Waals surface area contributed by atoms with Crippen molar-refractivity contribution in [1.29, 1.82) is 0 Å². The van der Waals surface area contributed by atoms with Crippen LogP contribution in [0, 0.1) is 0 Å². The summed E-state index contributed by atoms with van der Waals surface area (Å²) in [6.07, 6.45) is 4.02. The van der Waals surface area contributed by atoms with Crippen LogP contribution in [-0.4, -0.2) is 57.9 Å². The predicted octanol–water partition coefficient (Wildman–Crippen LogP) is 3.29. The topological polar surface area (TPSA) is 82.0 Å². The van der Waals surface area contributed by atoms with Crippen LogP contribution in [0.1, 0.15) is 40.7 Å². The lowest BCUT2D eigenvalue weighted by atomic mass is 9.48. The number of piperidine rings is 1. The van der Waals surface area contributed by atoms with Gasteiger partial charge in [0.15, 0.2) is 11.5 Å². The van der Waals surface area contributed by atoms with Gasteiger partial charge in [-0.05, 0) is 62.1 Å². The number of halogens is 1. The molecule has 7 heteroatoms. The average molecular weight is 511 g/mol. The van der Waals surface area contributed by atoms with Crippen LogP contribution in [-0.2, 0) is 11.8 Å². The Morgan fingerprint density at radius 2 is 2.18 bits per heavy atom. The molecule has 2 heterocycles. The maximum Gasteiger partial charge on any atom is 0.251 e. The van der Waals surface area contributed by atoms with Crippen LogP contribution in [0.3, 0.4) is 0 Å². The average Bonchev–Trinajstić information content (AvgIpc) is 3.15. The number of carbonyl (C=O) groups excluding carboxylic acids is 1. The number of ether oxygens (including phenoxy) is 1. The van der Waals surface area contributed by atoms with Crippen LogP contribution in [0.25, 0.3) is 0 Å². The molecule has 172 valence electrons. The van der Waals surface area contributed by atoms with Gasteiger partial charge in [-0.25, -0.2) is 0 Å². The van der Waals surface area contributed by atoms with Crippen molar-refractivity contribution in [2.75, 3.05) is 13.1 Å².